The minimum atomic E-state index is -0.533. The van der Waals surface area contributed by atoms with Gasteiger partial charge >= 0.3 is 0 Å². The van der Waals surface area contributed by atoms with Crippen molar-refractivity contribution in [2.75, 3.05) is 50.7 Å². The van der Waals surface area contributed by atoms with Crippen LogP contribution >= 0.6 is 0 Å². The second-order valence-electron chi connectivity index (χ2n) is 8.06. The highest BCUT2D eigenvalue weighted by Gasteiger charge is 2.20. The number of rotatable bonds is 5. The molecule has 1 unspecified atom stereocenters. The second kappa shape index (κ2) is 9.45. The number of hydrogen-bond acceptors (Lipinski definition) is 4. The van der Waals surface area contributed by atoms with Crippen LogP contribution in [0.15, 0.2) is 53.5 Å². The number of aliphatic hydroxyl groups is 1. The van der Waals surface area contributed by atoms with Crippen molar-refractivity contribution in [3.05, 3.63) is 65.5 Å². The van der Waals surface area contributed by atoms with E-state index in [0.29, 0.717) is 19.0 Å². The molecule has 2 aliphatic heterocycles. The summed E-state index contributed by atoms with van der Waals surface area (Å²) in [6, 6.07) is 15.1. The van der Waals surface area contributed by atoms with Crippen LogP contribution in [-0.4, -0.2) is 72.8 Å². The number of piperazine rings is 1. The Morgan fingerprint density at radius 1 is 1.00 bits per heavy atom. The lowest BCUT2D eigenvalue weighted by atomic mass is 10.00. The van der Waals surface area contributed by atoms with Crippen LogP contribution in [0.1, 0.15) is 11.1 Å². The molecule has 2 aromatic carbocycles. The molecule has 7 heteroatoms. The Morgan fingerprint density at radius 3 is 2.43 bits per heavy atom. The maximum Gasteiger partial charge on any atom is 0.191 e. The van der Waals surface area contributed by atoms with Crippen LogP contribution in [0.25, 0.3) is 0 Å². The summed E-state index contributed by atoms with van der Waals surface area (Å²) in [5.41, 5.74) is 9.95. The van der Waals surface area contributed by atoms with Crippen molar-refractivity contribution in [1.29, 1.82) is 0 Å². The summed E-state index contributed by atoms with van der Waals surface area (Å²) in [5, 5.41) is 10.4. The number of aliphatic hydroxyl groups excluding tert-OH is 1. The number of aliphatic imine (C=N–C) groups is 1. The molecule has 3 N–H and O–H groups in total. The molecule has 1 atom stereocenters. The quantitative estimate of drug-likeness (QED) is 0.579. The molecule has 1 fully saturated rings. The Morgan fingerprint density at radius 2 is 1.70 bits per heavy atom. The first kappa shape index (κ1) is 20.6. The van der Waals surface area contributed by atoms with E-state index >= 15 is 0 Å². The van der Waals surface area contributed by atoms with Crippen LogP contribution in [0.2, 0.25) is 0 Å². The van der Waals surface area contributed by atoms with Gasteiger partial charge in [-0.2, -0.15) is 0 Å². The van der Waals surface area contributed by atoms with E-state index in [9.17, 15) is 9.50 Å². The van der Waals surface area contributed by atoms with Gasteiger partial charge in [-0.1, -0.05) is 24.3 Å². The Balaban J connectivity index is 1.23. The number of β-amino-alcohol motifs (C(OH)–C–C–N with tert-alkyl or cyclic N) is 1. The average molecular weight is 412 g/mol. The van der Waals surface area contributed by atoms with Crippen molar-refractivity contribution in [2.24, 2.45) is 10.7 Å². The molecular formula is C23H30FN5O. The number of anilines is 1. The molecule has 160 valence electrons. The molecule has 30 heavy (non-hydrogen) atoms. The van der Waals surface area contributed by atoms with Crippen LogP contribution < -0.4 is 10.6 Å². The molecule has 2 aromatic rings. The number of fused-ring (bicyclic) bond motifs is 1. The van der Waals surface area contributed by atoms with Gasteiger partial charge in [-0.3, -0.25) is 9.89 Å². The molecule has 0 bridgehead atoms. The van der Waals surface area contributed by atoms with Gasteiger partial charge in [-0.25, -0.2) is 4.39 Å². The smallest absolute Gasteiger partial charge is 0.191 e. The van der Waals surface area contributed by atoms with Gasteiger partial charge in [0.15, 0.2) is 5.96 Å². The summed E-state index contributed by atoms with van der Waals surface area (Å²) in [7, 11) is 0. The molecule has 0 radical (unpaired) electrons. The van der Waals surface area contributed by atoms with Crippen LogP contribution in [0.3, 0.4) is 0 Å². The fourth-order valence-corrected chi connectivity index (χ4v) is 4.21. The topological polar surface area (TPSA) is 68.3 Å². The molecule has 2 heterocycles. The molecule has 0 spiro atoms. The number of hydrogen-bond donors (Lipinski definition) is 2. The van der Waals surface area contributed by atoms with E-state index in [4.69, 9.17) is 5.73 Å². The first-order valence-electron chi connectivity index (χ1n) is 10.6. The largest absolute Gasteiger partial charge is 0.390 e. The number of benzene rings is 2. The van der Waals surface area contributed by atoms with E-state index in [1.54, 1.807) is 12.1 Å². The minimum Gasteiger partial charge on any atom is -0.390 e. The zero-order valence-corrected chi connectivity index (χ0v) is 17.3. The zero-order chi connectivity index (χ0) is 20.9. The lowest BCUT2D eigenvalue weighted by Crippen LogP contribution is -2.51. The maximum atomic E-state index is 13.1. The summed E-state index contributed by atoms with van der Waals surface area (Å²) in [6.45, 7) is 5.86. The molecular weight excluding hydrogens is 381 g/mol. The van der Waals surface area contributed by atoms with Gasteiger partial charge in [0.25, 0.3) is 0 Å². The van der Waals surface area contributed by atoms with E-state index in [1.807, 2.05) is 4.90 Å². The van der Waals surface area contributed by atoms with E-state index < -0.39 is 6.10 Å². The Bertz CT molecular complexity index is 864. The standard InChI is InChI=1S/C23H30FN5O/c24-20-5-7-21(8-6-20)28-11-13-29(14-12-28)23(25)26-15-22(30)17-27-10-9-18-3-1-2-4-19(18)16-27/h1-8,22,30H,9-17H2,(H2,25,26). The normalized spacial score (nSPS) is 18.9. The number of nitrogens with two attached hydrogens (primary N) is 1. The predicted molar refractivity (Wildman–Crippen MR) is 118 cm³/mol. The first-order chi connectivity index (χ1) is 14.6. The van der Waals surface area contributed by atoms with Gasteiger partial charge in [0.05, 0.1) is 12.6 Å². The Hall–Kier alpha value is -2.64. The third kappa shape index (κ3) is 5.09. The zero-order valence-electron chi connectivity index (χ0n) is 17.3. The van der Waals surface area contributed by atoms with E-state index in [1.165, 1.54) is 23.3 Å². The van der Waals surface area contributed by atoms with Crippen molar-refractivity contribution in [3.63, 3.8) is 0 Å². The van der Waals surface area contributed by atoms with Gasteiger partial charge < -0.3 is 20.6 Å². The monoisotopic (exact) mass is 411 g/mol. The summed E-state index contributed by atoms with van der Waals surface area (Å²) in [5.74, 6) is 0.262. The lowest BCUT2D eigenvalue weighted by Gasteiger charge is -2.36. The molecule has 0 amide bonds. The number of nitrogens with zero attached hydrogens (tertiary/aromatic N) is 4. The third-order valence-corrected chi connectivity index (χ3v) is 5.94. The molecule has 0 saturated carbocycles. The van der Waals surface area contributed by atoms with Crippen molar-refractivity contribution in [2.45, 2.75) is 19.1 Å². The van der Waals surface area contributed by atoms with Gasteiger partial charge in [0, 0.05) is 51.5 Å². The predicted octanol–water partition coefficient (Wildman–Crippen LogP) is 1.68. The Kier molecular flexibility index (Phi) is 6.50. The van der Waals surface area contributed by atoms with Crippen LogP contribution in [0, 0.1) is 5.82 Å². The molecule has 1 saturated heterocycles. The first-order valence-corrected chi connectivity index (χ1v) is 10.6. The van der Waals surface area contributed by atoms with E-state index in [0.717, 1.165) is 51.4 Å². The van der Waals surface area contributed by atoms with Gasteiger partial charge in [-0.15, -0.1) is 0 Å². The highest BCUT2D eigenvalue weighted by atomic mass is 19.1. The second-order valence-corrected chi connectivity index (χ2v) is 8.06. The van der Waals surface area contributed by atoms with Gasteiger partial charge in [-0.05, 0) is 41.8 Å². The molecule has 4 rings (SSSR count). The number of halogens is 1. The third-order valence-electron chi connectivity index (χ3n) is 5.94. The summed E-state index contributed by atoms with van der Waals surface area (Å²) < 4.78 is 13.1. The van der Waals surface area contributed by atoms with Crippen LogP contribution in [0.5, 0.6) is 0 Å². The fraction of sp³-hybridized carbons (Fsp3) is 0.435. The Labute approximate surface area is 177 Å². The van der Waals surface area contributed by atoms with Crippen molar-refractivity contribution >= 4 is 11.6 Å². The lowest BCUT2D eigenvalue weighted by molar-refractivity contribution is 0.111. The minimum absolute atomic E-state index is 0.221. The van der Waals surface area contributed by atoms with E-state index in [-0.39, 0.29) is 5.82 Å². The van der Waals surface area contributed by atoms with Crippen molar-refractivity contribution in [3.8, 4) is 0 Å². The van der Waals surface area contributed by atoms with Crippen LogP contribution in [-0.2, 0) is 13.0 Å². The van der Waals surface area contributed by atoms with Crippen molar-refractivity contribution in [1.82, 2.24) is 9.80 Å². The highest BCUT2D eigenvalue weighted by molar-refractivity contribution is 5.78. The summed E-state index contributed by atoms with van der Waals surface area (Å²) in [4.78, 5) is 11.0. The summed E-state index contributed by atoms with van der Waals surface area (Å²) in [6.07, 6.45) is 0.487. The van der Waals surface area contributed by atoms with Crippen LogP contribution in [0.4, 0.5) is 10.1 Å². The summed E-state index contributed by atoms with van der Waals surface area (Å²) >= 11 is 0. The molecule has 0 aromatic heterocycles. The number of guanidine groups is 1. The highest BCUT2D eigenvalue weighted by Crippen LogP contribution is 2.19. The molecule has 2 aliphatic rings. The van der Waals surface area contributed by atoms with Crippen molar-refractivity contribution < 1.29 is 9.50 Å². The van der Waals surface area contributed by atoms with Gasteiger partial charge in [0.1, 0.15) is 5.82 Å². The van der Waals surface area contributed by atoms with Gasteiger partial charge in [0.2, 0.25) is 0 Å². The molecule has 6 nitrogen and oxygen atoms in total. The average Bonchev–Trinajstić information content (AvgIpc) is 2.78. The maximum absolute atomic E-state index is 13.1. The SMILES string of the molecule is NC(=NCC(O)CN1CCc2ccccc2C1)N1CCN(c2ccc(F)cc2)CC1. The fourth-order valence-electron chi connectivity index (χ4n) is 4.21. The molecule has 0 aliphatic carbocycles. The van der Waals surface area contributed by atoms with E-state index in [2.05, 4.69) is 39.1 Å².